The third-order valence-electron chi connectivity index (χ3n) is 4.90. The molecule has 1 amide bonds. The molecule has 0 bridgehead atoms. The predicted molar refractivity (Wildman–Crippen MR) is 117 cm³/mol. The third-order valence-corrected chi connectivity index (χ3v) is 4.90. The van der Waals surface area contributed by atoms with Gasteiger partial charge < -0.3 is 10.6 Å². The highest BCUT2D eigenvalue weighted by Gasteiger charge is 2.22. The molecule has 1 saturated heterocycles. The van der Waals surface area contributed by atoms with Crippen molar-refractivity contribution in [2.24, 2.45) is 0 Å². The highest BCUT2D eigenvalue weighted by Crippen LogP contribution is 2.25. The first-order valence-corrected chi connectivity index (χ1v) is 9.05. The molecule has 0 aliphatic carbocycles. The number of benzene rings is 1. The maximum absolute atomic E-state index is 13.0. The van der Waals surface area contributed by atoms with Gasteiger partial charge in [-0.2, -0.15) is 0 Å². The molecule has 1 aromatic carbocycles. The van der Waals surface area contributed by atoms with Crippen molar-refractivity contribution >= 4 is 41.6 Å². The summed E-state index contributed by atoms with van der Waals surface area (Å²) in [5.41, 5.74) is 3.24. The quantitative estimate of drug-likeness (QED) is 0.673. The van der Waals surface area contributed by atoms with Crippen molar-refractivity contribution in [3.63, 3.8) is 0 Å². The molecule has 1 aliphatic heterocycles. The number of nitrogens with one attached hydrogen (secondary N) is 2. The van der Waals surface area contributed by atoms with Gasteiger partial charge >= 0.3 is 0 Å². The summed E-state index contributed by atoms with van der Waals surface area (Å²) in [6.45, 7) is 3.09. The summed E-state index contributed by atoms with van der Waals surface area (Å²) < 4.78 is 0. The van der Waals surface area contributed by atoms with E-state index < -0.39 is 0 Å². The summed E-state index contributed by atoms with van der Waals surface area (Å²) in [5.74, 6) is -0.0296. The average molecular weight is 419 g/mol. The second-order valence-electron chi connectivity index (χ2n) is 6.86. The maximum Gasteiger partial charge on any atom is 0.252 e. The third kappa shape index (κ3) is 4.79. The van der Waals surface area contributed by atoms with Gasteiger partial charge in [0.1, 0.15) is 0 Å². The molecular weight excluding hydrogens is 395 g/mol. The number of nitrogens with zero attached hydrogens (tertiary/aromatic N) is 2. The number of pyridine rings is 2. The zero-order valence-electron chi connectivity index (χ0n) is 15.6. The lowest BCUT2D eigenvalue weighted by molar-refractivity contribution is 0.0927. The Morgan fingerprint density at radius 3 is 2.64 bits per heavy atom. The minimum absolute atomic E-state index is 0. The monoisotopic (exact) mass is 418 g/mol. The van der Waals surface area contributed by atoms with Gasteiger partial charge in [-0.3, -0.25) is 9.78 Å². The number of fused-ring (bicyclic) bond motifs is 1. The van der Waals surface area contributed by atoms with Crippen molar-refractivity contribution in [1.29, 1.82) is 0 Å². The van der Waals surface area contributed by atoms with E-state index in [0.717, 1.165) is 41.5 Å². The van der Waals surface area contributed by atoms with Gasteiger partial charge in [0.25, 0.3) is 5.91 Å². The number of hydrogen-bond acceptors (Lipinski definition) is 4. The Kier molecular flexibility index (Phi) is 7.75. The number of aromatic nitrogens is 2. The lowest BCUT2D eigenvalue weighted by Gasteiger charge is -2.28. The average Bonchev–Trinajstić information content (AvgIpc) is 2.68. The van der Waals surface area contributed by atoms with Crippen LogP contribution in [0, 0.1) is 0 Å². The van der Waals surface area contributed by atoms with Crippen molar-refractivity contribution in [2.75, 3.05) is 6.54 Å². The minimum Gasteiger partial charge on any atom is -0.349 e. The molecule has 2 atom stereocenters. The van der Waals surface area contributed by atoms with Gasteiger partial charge in [0.05, 0.1) is 16.8 Å². The molecular formula is C21H24Cl2N4O. The second kappa shape index (κ2) is 9.82. The smallest absolute Gasteiger partial charge is 0.252 e. The van der Waals surface area contributed by atoms with Crippen molar-refractivity contribution < 1.29 is 4.79 Å². The lowest BCUT2D eigenvalue weighted by Crippen LogP contribution is -2.46. The number of halogens is 2. The van der Waals surface area contributed by atoms with Crippen molar-refractivity contribution in [1.82, 2.24) is 20.6 Å². The molecule has 4 rings (SSSR count). The van der Waals surface area contributed by atoms with E-state index in [2.05, 4.69) is 22.5 Å². The molecule has 3 aromatic rings. The molecule has 2 N–H and O–H groups in total. The van der Waals surface area contributed by atoms with E-state index in [0.29, 0.717) is 11.6 Å². The van der Waals surface area contributed by atoms with Crippen LogP contribution >= 0.6 is 24.8 Å². The summed E-state index contributed by atoms with van der Waals surface area (Å²) in [4.78, 5) is 21.8. The molecule has 1 fully saturated rings. The number of hydrogen-bond donors (Lipinski definition) is 2. The minimum atomic E-state index is -0.0296. The van der Waals surface area contributed by atoms with Crippen LogP contribution in [0.3, 0.4) is 0 Å². The largest absolute Gasteiger partial charge is 0.349 e. The van der Waals surface area contributed by atoms with Crippen LogP contribution in [-0.2, 0) is 0 Å². The van der Waals surface area contributed by atoms with Crippen molar-refractivity contribution in [2.45, 2.75) is 31.8 Å². The van der Waals surface area contributed by atoms with Gasteiger partial charge in [-0.15, -0.1) is 24.8 Å². The summed E-state index contributed by atoms with van der Waals surface area (Å²) in [6.07, 6.45) is 5.38. The van der Waals surface area contributed by atoms with Gasteiger partial charge in [0, 0.05) is 35.4 Å². The molecule has 28 heavy (non-hydrogen) atoms. The van der Waals surface area contributed by atoms with Gasteiger partial charge in [0.2, 0.25) is 0 Å². The van der Waals surface area contributed by atoms with Gasteiger partial charge in [-0.1, -0.05) is 18.2 Å². The molecule has 0 radical (unpaired) electrons. The van der Waals surface area contributed by atoms with Crippen LogP contribution in [0.1, 0.15) is 30.1 Å². The van der Waals surface area contributed by atoms with E-state index in [4.69, 9.17) is 4.98 Å². The number of piperidine rings is 1. The van der Waals surface area contributed by atoms with Crippen molar-refractivity contribution in [3.8, 4) is 11.3 Å². The Morgan fingerprint density at radius 2 is 1.89 bits per heavy atom. The van der Waals surface area contributed by atoms with Crippen LogP contribution in [0.25, 0.3) is 22.2 Å². The first-order valence-electron chi connectivity index (χ1n) is 9.05. The first kappa shape index (κ1) is 22.1. The van der Waals surface area contributed by atoms with Gasteiger partial charge in [-0.05, 0) is 50.6 Å². The SMILES string of the molecule is CC1CC(NC(=O)c2cc(-c3ccncc3)nc3ccccc23)CCN1.Cl.Cl. The normalized spacial score (nSPS) is 18.6. The summed E-state index contributed by atoms with van der Waals surface area (Å²) in [7, 11) is 0. The van der Waals surface area contributed by atoms with Gasteiger partial charge in [-0.25, -0.2) is 4.98 Å². The molecule has 0 spiro atoms. The van der Waals surface area contributed by atoms with Crippen LogP contribution in [0.5, 0.6) is 0 Å². The fourth-order valence-electron chi connectivity index (χ4n) is 3.56. The Balaban J connectivity index is 0.00000140. The Morgan fingerprint density at radius 1 is 1.14 bits per heavy atom. The number of para-hydroxylation sites is 1. The number of carbonyl (C=O) groups excluding carboxylic acids is 1. The Bertz CT molecular complexity index is 936. The molecule has 0 saturated carbocycles. The van der Waals surface area contributed by atoms with Crippen LogP contribution < -0.4 is 10.6 Å². The van der Waals surface area contributed by atoms with Gasteiger partial charge in [0.15, 0.2) is 0 Å². The summed E-state index contributed by atoms with van der Waals surface area (Å²) >= 11 is 0. The van der Waals surface area contributed by atoms with Crippen LogP contribution in [0.2, 0.25) is 0 Å². The Labute approximate surface area is 177 Å². The first-order chi connectivity index (χ1) is 12.7. The lowest BCUT2D eigenvalue weighted by atomic mass is 9.99. The Hall–Kier alpha value is -2.21. The van der Waals surface area contributed by atoms with Crippen molar-refractivity contribution in [3.05, 3.63) is 60.4 Å². The molecule has 2 aromatic heterocycles. The second-order valence-corrected chi connectivity index (χ2v) is 6.86. The van der Waals surface area contributed by atoms with E-state index in [1.807, 2.05) is 42.5 Å². The fourth-order valence-corrected chi connectivity index (χ4v) is 3.56. The predicted octanol–water partition coefficient (Wildman–Crippen LogP) is 4.01. The number of amides is 1. The van der Waals surface area contributed by atoms with Crippen LogP contribution in [0.4, 0.5) is 0 Å². The number of carbonyl (C=O) groups is 1. The summed E-state index contributed by atoms with van der Waals surface area (Å²) in [6, 6.07) is 14.1. The zero-order chi connectivity index (χ0) is 17.9. The maximum atomic E-state index is 13.0. The fraction of sp³-hybridized carbons (Fsp3) is 0.286. The molecule has 3 heterocycles. The highest BCUT2D eigenvalue weighted by molar-refractivity contribution is 6.07. The molecule has 1 aliphatic rings. The van der Waals surface area contributed by atoms with E-state index in [9.17, 15) is 4.79 Å². The van der Waals surface area contributed by atoms with E-state index in [1.165, 1.54) is 0 Å². The number of rotatable bonds is 3. The highest BCUT2D eigenvalue weighted by atomic mass is 35.5. The van der Waals surface area contributed by atoms with E-state index in [-0.39, 0.29) is 36.8 Å². The summed E-state index contributed by atoms with van der Waals surface area (Å²) in [5, 5.41) is 7.51. The molecule has 148 valence electrons. The van der Waals surface area contributed by atoms with Crippen LogP contribution in [0.15, 0.2) is 54.9 Å². The van der Waals surface area contributed by atoms with Crippen LogP contribution in [-0.4, -0.2) is 34.5 Å². The molecule has 5 nitrogen and oxygen atoms in total. The standard InChI is InChI=1S/C21H22N4O.2ClH/c1-14-12-16(8-11-23-14)24-21(26)18-13-20(15-6-9-22-10-7-15)25-19-5-3-2-4-17(18)19;;/h2-7,9-10,13-14,16,23H,8,11-12H2,1H3,(H,24,26);2*1H. The zero-order valence-corrected chi connectivity index (χ0v) is 17.2. The van der Waals surface area contributed by atoms with E-state index in [1.54, 1.807) is 12.4 Å². The molecule has 7 heteroatoms. The van der Waals surface area contributed by atoms with E-state index >= 15 is 0 Å². The topological polar surface area (TPSA) is 66.9 Å². The molecule has 2 unspecified atom stereocenters.